The van der Waals surface area contributed by atoms with Crippen LogP contribution in [0.4, 0.5) is 10.1 Å². The molecule has 0 aliphatic heterocycles. The van der Waals surface area contributed by atoms with Crippen molar-refractivity contribution in [2.24, 2.45) is 5.73 Å². The maximum Gasteiger partial charge on any atom is 0.248 e. The molecule has 0 unspecified atom stereocenters. The monoisotopic (exact) mass is 302 g/mol. The Kier molecular flexibility index (Phi) is 4.73. The average molecular weight is 302 g/mol. The summed E-state index contributed by atoms with van der Waals surface area (Å²) in [6.07, 6.45) is 0.00170. The Morgan fingerprint density at radius 1 is 1.23 bits per heavy atom. The van der Waals surface area contributed by atoms with Gasteiger partial charge in [0.2, 0.25) is 11.8 Å². The van der Waals surface area contributed by atoms with Gasteiger partial charge in [-0.05, 0) is 35.9 Å². The second-order valence-corrected chi connectivity index (χ2v) is 4.64. The van der Waals surface area contributed by atoms with Crippen LogP contribution in [0.25, 0.3) is 0 Å². The minimum Gasteiger partial charge on any atom is -0.494 e. The molecule has 2 rings (SSSR count). The first-order valence-corrected chi connectivity index (χ1v) is 6.51. The highest BCUT2D eigenvalue weighted by Gasteiger charge is 2.09. The van der Waals surface area contributed by atoms with E-state index in [0.717, 1.165) is 0 Å². The number of ether oxygens (including phenoxy) is 1. The molecule has 0 spiro atoms. The van der Waals surface area contributed by atoms with Crippen molar-refractivity contribution in [3.05, 3.63) is 59.4 Å². The van der Waals surface area contributed by atoms with E-state index in [1.54, 1.807) is 24.3 Å². The van der Waals surface area contributed by atoms with Gasteiger partial charge in [-0.15, -0.1) is 0 Å². The quantitative estimate of drug-likeness (QED) is 0.887. The van der Waals surface area contributed by atoms with Gasteiger partial charge in [-0.2, -0.15) is 0 Å². The predicted molar refractivity (Wildman–Crippen MR) is 80.2 cm³/mol. The van der Waals surface area contributed by atoms with Crippen molar-refractivity contribution in [1.29, 1.82) is 0 Å². The Morgan fingerprint density at radius 3 is 2.64 bits per heavy atom. The number of anilines is 1. The van der Waals surface area contributed by atoms with Gasteiger partial charge in [0.15, 0.2) is 11.6 Å². The average Bonchev–Trinajstić information content (AvgIpc) is 2.47. The van der Waals surface area contributed by atoms with Crippen LogP contribution < -0.4 is 15.8 Å². The zero-order valence-electron chi connectivity index (χ0n) is 11.9. The van der Waals surface area contributed by atoms with Gasteiger partial charge < -0.3 is 15.8 Å². The van der Waals surface area contributed by atoms with Crippen LogP contribution in [0.3, 0.4) is 0 Å². The van der Waals surface area contributed by atoms with Gasteiger partial charge in [-0.3, -0.25) is 9.59 Å². The van der Waals surface area contributed by atoms with E-state index in [1.807, 2.05) is 0 Å². The summed E-state index contributed by atoms with van der Waals surface area (Å²) in [5.74, 6) is -1.30. The topological polar surface area (TPSA) is 81.4 Å². The highest BCUT2D eigenvalue weighted by Crippen LogP contribution is 2.18. The third-order valence-corrected chi connectivity index (χ3v) is 3.01. The fourth-order valence-corrected chi connectivity index (χ4v) is 1.96. The standard InChI is InChI=1S/C16H15FN2O3/c1-22-14-6-5-10(7-13(14)17)8-15(20)19-12-4-2-3-11(9-12)16(18)21/h2-7,9H,8H2,1H3,(H2,18,21)(H,19,20). The van der Waals surface area contributed by atoms with Gasteiger partial charge in [0.05, 0.1) is 13.5 Å². The highest BCUT2D eigenvalue weighted by atomic mass is 19.1. The predicted octanol–water partition coefficient (Wildman–Crippen LogP) is 2.11. The fraction of sp³-hybridized carbons (Fsp3) is 0.125. The Balaban J connectivity index is 2.05. The van der Waals surface area contributed by atoms with Crippen molar-refractivity contribution in [1.82, 2.24) is 0 Å². The number of nitrogens with one attached hydrogen (secondary N) is 1. The van der Waals surface area contributed by atoms with Gasteiger partial charge in [0.1, 0.15) is 0 Å². The fourth-order valence-electron chi connectivity index (χ4n) is 1.96. The molecule has 0 atom stereocenters. The van der Waals surface area contributed by atoms with Gasteiger partial charge in [0.25, 0.3) is 0 Å². The Morgan fingerprint density at radius 2 is 2.00 bits per heavy atom. The Bertz CT molecular complexity index is 716. The first-order valence-electron chi connectivity index (χ1n) is 6.51. The number of amides is 2. The van der Waals surface area contributed by atoms with E-state index in [9.17, 15) is 14.0 Å². The molecule has 2 aromatic rings. The molecule has 6 heteroatoms. The second-order valence-electron chi connectivity index (χ2n) is 4.64. The molecule has 0 saturated carbocycles. The summed E-state index contributed by atoms with van der Waals surface area (Å²) in [6.45, 7) is 0. The normalized spacial score (nSPS) is 10.1. The largest absolute Gasteiger partial charge is 0.494 e. The Hall–Kier alpha value is -2.89. The molecule has 3 N–H and O–H groups in total. The van der Waals surface area contributed by atoms with Crippen LogP contribution in [-0.4, -0.2) is 18.9 Å². The van der Waals surface area contributed by atoms with E-state index in [4.69, 9.17) is 10.5 Å². The Labute approximate surface area is 126 Å². The summed E-state index contributed by atoms with van der Waals surface area (Å²) in [5, 5.41) is 2.63. The lowest BCUT2D eigenvalue weighted by Gasteiger charge is -2.07. The molecular formula is C16H15FN2O3. The first kappa shape index (κ1) is 15.5. The van der Waals surface area contributed by atoms with Crippen LogP contribution >= 0.6 is 0 Å². The van der Waals surface area contributed by atoms with Gasteiger partial charge in [0, 0.05) is 11.3 Å². The van der Waals surface area contributed by atoms with Gasteiger partial charge in [-0.25, -0.2) is 4.39 Å². The molecular weight excluding hydrogens is 287 g/mol. The van der Waals surface area contributed by atoms with Gasteiger partial charge in [-0.1, -0.05) is 12.1 Å². The molecule has 5 nitrogen and oxygen atoms in total. The molecule has 0 fully saturated rings. The lowest BCUT2D eigenvalue weighted by atomic mass is 10.1. The summed E-state index contributed by atoms with van der Waals surface area (Å²) >= 11 is 0. The molecule has 0 heterocycles. The van der Waals surface area contributed by atoms with E-state index in [1.165, 1.54) is 25.3 Å². The minimum absolute atomic E-state index is 0.00170. The molecule has 22 heavy (non-hydrogen) atoms. The number of carbonyl (C=O) groups is 2. The number of carbonyl (C=O) groups excluding carboxylic acids is 2. The number of rotatable bonds is 5. The van der Waals surface area contributed by atoms with Crippen LogP contribution in [0.2, 0.25) is 0 Å². The van der Waals surface area contributed by atoms with E-state index in [0.29, 0.717) is 16.8 Å². The van der Waals surface area contributed by atoms with Crippen LogP contribution in [0.15, 0.2) is 42.5 Å². The first-order chi connectivity index (χ1) is 10.5. The lowest BCUT2D eigenvalue weighted by Crippen LogP contribution is -2.16. The number of halogens is 1. The zero-order valence-corrected chi connectivity index (χ0v) is 11.9. The highest BCUT2D eigenvalue weighted by molar-refractivity contribution is 5.96. The molecule has 2 amide bonds. The number of methoxy groups -OCH3 is 1. The van der Waals surface area contributed by atoms with E-state index in [2.05, 4.69) is 5.32 Å². The molecule has 2 aromatic carbocycles. The summed E-state index contributed by atoms with van der Waals surface area (Å²) in [5.41, 5.74) is 6.44. The van der Waals surface area contributed by atoms with E-state index in [-0.39, 0.29) is 18.1 Å². The van der Waals surface area contributed by atoms with Crippen molar-refractivity contribution in [2.75, 3.05) is 12.4 Å². The number of hydrogen-bond donors (Lipinski definition) is 2. The molecule has 0 aliphatic carbocycles. The summed E-state index contributed by atoms with van der Waals surface area (Å²) in [4.78, 5) is 23.0. The van der Waals surface area contributed by atoms with Gasteiger partial charge >= 0.3 is 0 Å². The molecule has 0 saturated heterocycles. The summed E-state index contributed by atoms with van der Waals surface area (Å²) < 4.78 is 18.4. The number of nitrogens with two attached hydrogens (primary N) is 1. The smallest absolute Gasteiger partial charge is 0.248 e. The van der Waals surface area contributed by atoms with Crippen LogP contribution in [-0.2, 0) is 11.2 Å². The SMILES string of the molecule is COc1ccc(CC(=O)Nc2cccc(C(N)=O)c2)cc1F. The molecule has 0 aliphatic rings. The maximum atomic E-state index is 13.6. The minimum atomic E-state index is -0.576. The van der Waals surface area contributed by atoms with Crippen LogP contribution in [0, 0.1) is 5.82 Å². The zero-order chi connectivity index (χ0) is 16.1. The molecule has 0 aromatic heterocycles. The lowest BCUT2D eigenvalue weighted by molar-refractivity contribution is -0.115. The van der Waals surface area contributed by atoms with Crippen molar-refractivity contribution in [3.63, 3.8) is 0 Å². The molecule has 0 bridgehead atoms. The maximum absolute atomic E-state index is 13.6. The van der Waals surface area contributed by atoms with Crippen LogP contribution in [0.1, 0.15) is 15.9 Å². The summed E-state index contributed by atoms with van der Waals surface area (Å²) in [7, 11) is 1.37. The number of hydrogen-bond acceptors (Lipinski definition) is 3. The van der Waals surface area contributed by atoms with E-state index < -0.39 is 11.7 Å². The summed E-state index contributed by atoms with van der Waals surface area (Å²) in [6, 6.07) is 10.6. The van der Waals surface area contributed by atoms with E-state index >= 15 is 0 Å². The van der Waals surface area contributed by atoms with Crippen LogP contribution in [0.5, 0.6) is 5.75 Å². The third-order valence-electron chi connectivity index (χ3n) is 3.01. The second kappa shape index (κ2) is 6.71. The molecule has 0 radical (unpaired) electrons. The number of primary amides is 1. The van der Waals surface area contributed by atoms with Crippen molar-refractivity contribution < 1.29 is 18.7 Å². The van der Waals surface area contributed by atoms with Crippen molar-refractivity contribution in [2.45, 2.75) is 6.42 Å². The molecule has 114 valence electrons. The third kappa shape index (κ3) is 3.82. The number of benzene rings is 2. The van der Waals surface area contributed by atoms with Crippen molar-refractivity contribution in [3.8, 4) is 5.75 Å². The van der Waals surface area contributed by atoms with Crippen molar-refractivity contribution >= 4 is 17.5 Å².